The van der Waals surface area contributed by atoms with Gasteiger partial charge in [0.25, 0.3) is 5.91 Å². The number of amides is 1. The number of benzene rings is 3. The number of rotatable bonds is 4. The predicted molar refractivity (Wildman–Crippen MR) is 122 cm³/mol. The number of carbonyl (C=O) groups excluding carboxylic acids is 1. The molecule has 2 heterocycles. The normalized spacial score (nSPS) is 16.1. The van der Waals surface area contributed by atoms with Gasteiger partial charge in [-0.15, -0.1) is 0 Å². The number of sulfonamides is 1. The third kappa shape index (κ3) is 4.18. The lowest BCUT2D eigenvalue weighted by Crippen LogP contribution is -2.40. The molecule has 8 nitrogen and oxygen atoms in total. The quantitative estimate of drug-likeness (QED) is 0.620. The van der Waals surface area contributed by atoms with E-state index in [1.54, 1.807) is 36.4 Å². The molecule has 0 spiro atoms. The molecule has 0 atom stereocenters. The number of hydrogen-bond acceptors (Lipinski definition) is 6. The van der Waals surface area contributed by atoms with Crippen molar-refractivity contribution >= 4 is 21.6 Å². The Bertz CT molecular complexity index is 1320. The van der Waals surface area contributed by atoms with Gasteiger partial charge in [0.1, 0.15) is 16.4 Å². The molecule has 9 heteroatoms. The van der Waals surface area contributed by atoms with Crippen LogP contribution in [0, 0.1) is 6.92 Å². The second-order valence-electron chi connectivity index (χ2n) is 7.78. The second-order valence-corrected chi connectivity index (χ2v) is 9.69. The van der Waals surface area contributed by atoms with Crippen LogP contribution in [-0.2, 0) is 14.8 Å². The molecule has 1 saturated heterocycles. The molecule has 2 aliphatic heterocycles. The van der Waals surface area contributed by atoms with Gasteiger partial charge < -0.3 is 19.5 Å². The highest BCUT2D eigenvalue weighted by Gasteiger charge is 2.33. The van der Waals surface area contributed by atoms with Crippen LogP contribution >= 0.6 is 0 Å². The maximum atomic E-state index is 13.6. The Balaban J connectivity index is 1.64. The average Bonchev–Trinajstić information content (AvgIpc) is 2.96. The Morgan fingerprint density at radius 3 is 2.45 bits per heavy atom. The van der Waals surface area contributed by atoms with Crippen LogP contribution < -0.4 is 14.8 Å². The molecule has 33 heavy (non-hydrogen) atoms. The summed E-state index contributed by atoms with van der Waals surface area (Å²) in [5, 5.41) is 2.78. The van der Waals surface area contributed by atoms with Gasteiger partial charge in [0.05, 0.1) is 24.5 Å². The van der Waals surface area contributed by atoms with Crippen molar-refractivity contribution < 1.29 is 27.4 Å². The van der Waals surface area contributed by atoms with E-state index >= 15 is 0 Å². The lowest BCUT2D eigenvalue weighted by atomic mass is 10.1. The van der Waals surface area contributed by atoms with Gasteiger partial charge in [-0.3, -0.25) is 4.79 Å². The van der Waals surface area contributed by atoms with Gasteiger partial charge in [0.15, 0.2) is 11.5 Å². The SMILES string of the molecule is Cc1ccc(Oc2cc3c(cc2S(=O)(=O)N2CCOCC2)C(=O)Nc2ccccc2O3)cc1. The van der Waals surface area contributed by atoms with E-state index in [1.165, 1.54) is 16.4 Å². The summed E-state index contributed by atoms with van der Waals surface area (Å²) in [4.78, 5) is 12.9. The molecule has 3 aromatic carbocycles. The first-order chi connectivity index (χ1) is 15.9. The minimum atomic E-state index is -3.96. The molecule has 1 amide bonds. The van der Waals surface area contributed by atoms with Crippen LogP contribution in [0.5, 0.6) is 23.0 Å². The minimum Gasteiger partial charge on any atom is -0.456 e. The molecule has 170 valence electrons. The molecule has 5 rings (SSSR count). The first-order valence-electron chi connectivity index (χ1n) is 10.5. The van der Waals surface area contributed by atoms with Crippen molar-refractivity contribution in [3.05, 3.63) is 71.8 Å². The Hall–Kier alpha value is -3.40. The van der Waals surface area contributed by atoms with Gasteiger partial charge in [0.2, 0.25) is 10.0 Å². The summed E-state index contributed by atoms with van der Waals surface area (Å²) in [6, 6.07) is 17.1. The van der Waals surface area contributed by atoms with Gasteiger partial charge in [-0.2, -0.15) is 4.31 Å². The maximum absolute atomic E-state index is 13.6. The number of carbonyl (C=O) groups is 1. The summed E-state index contributed by atoms with van der Waals surface area (Å²) in [5.41, 5.74) is 1.65. The molecule has 0 aliphatic carbocycles. The van der Waals surface area contributed by atoms with Crippen LogP contribution in [0.1, 0.15) is 15.9 Å². The fourth-order valence-electron chi connectivity index (χ4n) is 3.71. The zero-order valence-corrected chi connectivity index (χ0v) is 18.7. The topological polar surface area (TPSA) is 94.2 Å². The minimum absolute atomic E-state index is 0.0799. The molecule has 2 aliphatic rings. The number of aryl methyl sites for hydroxylation is 1. The largest absolute Gasteiger partial charge is 0.456 e. The molecule has 1 N–H and O–H groups in total. The van der Waals surface area contributed by atoms with E-state index in [0.717, 1.165) is 5.56 Å². The molecule has 1 fully saturated rings. The number of hydrogen-bond donors (Lipinski definition) is 1. The summed E-state index contributed by atoms with van der Waals surface area (Å²) in [5.74, 6) is 0.749. The Kier molecular flexibility index (Phi) is 5.53. The number of nitrogens with one attached hydrogen (secondary N) is 1. The van der Waals surface area contributed by atoms with E-state index in [0.29, 0.717) is 30.4 Å². The fourth-order valence-corrected chi connectivity index (χ4v) is 5.24. The molecule has 0 unspecified atom stereocenters. The maximum Gasteiger partial charge on any atom is 0.259 e. The van der Waals surface area contributed by atoms with Crippen molar-refractivity contribution in [2.45, 2.75) is 11.8 Å². The van der Waals surface area contributed by atoms with Crippen LogP contribution in [0.2, 0.25) is 0 Å². The number of para-hydroxylation sites is 2. The van der Waals surface area contributed by atoms with E-state index in [2.05, 4.69) is 5.32 Å². The van der Waals surface area contributed by atoms with Crippen LogP contribution in [0.15, 0.2) is 65.6 Å². The summed E-state index contributed by atoms with van der Waals surface area (Å²) in [7, 11) is -3.96. The third-order valence-corrected chi connectivity index (χ3v) is 7.40. The highest BCUT2D eigenvalue weighted by molar-refractivity contribution is 7.89. The highest BCUT2D eigenvalue weighted by atomic mass is 32.2. The van der Waals surface area contributed by atoms with E-state index < -0.39 is 15.9 Å². The molecular weight excluding hydrogens is 444 g/mol. The lowest BCUT2D eigenvalue weighted by Gasteiger charge is -2.27. The Labute approximate surface area is 191 Å². The van der Waals surface area contributed by atoms with Crippen molar-refractivity contribution in [2.75, 3.05) is 31.6 Å². The van der Waals surface area contributed by atoms with Gasteiger partial charge in [-0.25, -0.2) is 8.42 Å². The average molecular weight is 467 g/mol. The number of nitrogens with zero attached hydrogens (tertiary/aromatic N) is 1. The first-order valence-corrected chi connectivity index (χ1v) is 11.9. The van der Waals surface area contributed by atoms with Crippen molar-refractivity contribution in [1.82, 2.24) is 4.31 Å². The van der Waals surface area contributed by atoms with Crippen molar-refractivity contribution in [2.24, 2.45) is 0 Å². The summed E-state index contributed by atoms with van der Waals surface area (Å²) in [6.07, 6.45) is 0. The highest BCUT2D eigenvalue weighted by Crippen LogP contribution is 2.42. The van der Waals surface area contributed by atoms with E-state index in [4.69, 9.17) is 14.2 Å². The summed E-state index contributed by atoms with van der Waals surface area (Å²) in [6.45, 7) is 2.99. The second kappa shape index (κ2) is 8.51. The Morgan fingerprint density at radius 2 is 1.70 bits per heavy atom. The standard InChI is InChI=1S/C24H22N2O6S/c1-16-6-8-17(9-7-16)31-22-15-21-18(24(27)25-19-4-2-3-5-20(19)32-21)14-23(22)33(28,29)26-10-12-30-13-11-26/h2-9,14-15H,10-13H2,1H3,(H,25,27). The molecule has 0 radical (unpaired) electrons. The van der Waals surface area contributed by atoms with E-state index in [-0.39, 0.29) is 35.0 Å². The predicted octanol–water partition coefficient (Wildman–Crippen LogP) is 4.17. The molecule has 0 bridgehead atoms. The number of ether oxygens (including phenoxy) is 3. The summed E-state index contributed by atoms with van der Waals surface area (Å²) < 4.78 is 45.8. The van der Waals surface area contributed by atoms with Gasteiger partial charge >= 0.3 is 0 Å². The molecule has 3 aromatic rings. The number of morpholine rings is 1. The monoisotopic (exact) mass is 466 g/mol. The van der Waals surface area contributed by atoms with E-state index in [9.17, 15) is 13.2 Å². The number of fused-ring (bicyclic) bond motifs is 2. The molecule has 0 saturated carbocycles. The van der Waals surface area contributed by atoms with E-state index in [1.807, 2.05) is 19.1 Å². The van der Waals surface area contributed by atoms with Crippen molar-refractivity contribution in [1.29, 1.82) is 0 Å². The molecule has 0 aromatic heterocycles. The van der Waals surface area contributed by atoms with Crippen LogP contribution in [-0.4, -0.2) is 44.9 Å². The van der Waals surface area contributed by atoms with Crippen LogP contribution in [0.25, 0.3) is 0 Å². The third-order valence-electron chi connectivity index (χ3n) is 5.48. The smallest absolute Gasteiger partial charge is 0.259 e. The lowest BCUT2D eigenvalue weighted by molar-refractivity contribution is 0.0729. The van der Waals surface area contributed by atoms with Gasteiger partial charge in [0, 0.05) is 19.2 Å². The zero-order chi connectivity index (χ0) is 23.0. The first kappa shape index (κ1) is 21.4. The Morgan fingerprint density at radius 1 is 0.970 bits per heavy atom. The number of anilines is 1. The van der Waals surface area contributed by atoms with Crippen molar-refractivity contribution in [3.63, 3.8) is 0 Å². The van der Waals surface area contributed by atoms with Crippen LogP contribution in [0.4, 0.5) is 5.69 Å². The zero-order valence-electron chi connectivity index (χ0n) is 17.9. The van der Waals surface area contributed by atoms with Gasteiger partial charge in [-0.05, 0) is 37.3 Å². The fraction of sp³-hybridized carbons (Fsp3) is 0.208. The van der Waals surface area contributed by atoms with Crippen LogP contribution in [0.3, 0.4) is 0 Å². The van der Waals surface area contributed by atoms with Crippen molar-refractivity contribution in [3.8, 4) is 23.0 Å². The van der Waals surface area contributed by atoms with Gasteiger partial charge in [-0.1, -0.05) is 29.8 Å². The molecular formula is C24H22N2O6S. The summed E-state index contributed by atoms with van der Waals surface area (Å²) >= 11 is 0.